The Kier molecular flexibility index (Phi) is 4.82. The molecule has 90 valence electrons. The monoisotopic (exact) mass is 238 g/mol. The van der Waals surface area contributed by atoms with Crippen molar-refractivity contribution in [2.75, 3.05) is 20.1 Å². The third-order valence-corrected chi connectivity index (χ3v) is 4.39. The summed E-state index contributed by atoms with van der Waals surface area (Å²) < 4.78 is 0. The van der Waals surface area contributed by atoms with E-state index < -0.39 is 0 Å². The highest BCUT2D eigenvalue weighted by Gasteiger charge is 2.11. The van der Waals surface area contributed by atoms with E-state index >= 15 is 0 Å². The van der Waals surface area contributed by atoms with Crippen molar-refractivity contribution in [1.29, 1.82) is 0 Å². The Balaban J connectivity index is 1.86. The molecule has 1 aromatic heterocycles. The highest BCUT2D eigenvalue weighted by molar-refractivity contribution is 7.12. The Labute approximate surface area is 102 Å². The number of hydrogen-bond acceptors (Lipinski definition) is 3. The number of aryl methyl sites for hydroxylation is 2. The van der Waals surface area contributed by atoms with Crippen molar-refractivity contribution in [3.8, 4) is 0 Å². The second-order valence-electron chi connectivity index (χ2n) is 4.50. The first-order chi connectivity index (χ1) is 7.90. The molecule has 0 aromatic carbocycles. The second kappa shape index (κ2) is 6.38. The predicted molar refractivity (Wildman–Crippen MR) is 71.2 cm³/mol. The van der Waals surface area contributed by atoms with E-state index in [9.17, 15) is 0 Å². The third-order valence-electron chi connectivity index (χ3n) is 3.15. The first-order valence-corrected chi connectivity index (χ1v) is 7.17. The van der Waals surface area contributed by atoms with E-state index in [1.165, 1.54) is 37.0 Å². The van der Waals surface area contributed by atoms with Crippen molar-refractivity contribution in [2.45, 2.75) is 38.6 Å². The van der Waals surface area contributed by atoms with Crippen LogP contribution >= 0.6 is 11.3 Å². The minimum absolute atomic E-state index is 1.04. The molecule has 0 unspecified atom stereocenters. The van der Waals surface area contributed by atoms with Gasteiger partial charge in [0.2, 0.25) is 0 Å². The summed E-state index contributed by atoms with van der Waals surface area (Å²) in [5.74, 6) is 0. The van der Waals surface area contributed by atoms with Crippen LogP contribution in [-0.4, -0.2) is 20.1 Å². The second-order valence-corrected chi connectivity index (χ2v) is 5.72. The quantitative estimate of drug-likeness (QED) is 0.608. The van der Waals surface area contributed by atoms with Crippen LogP contribution in [0.1, 0.15) is 34.6 Å². The lowest BCUT2D eigenvalue weighted by Crippen LogP contribution is -2.24. The Morgan fingerprint density at radius 3 is 2.94 bits per heavy atom. The number of likely N-dealkylation sites (N-methyl/N-ethyl adjacent to an activating group) is 1. The number of rotatable bonds is 5. The topological polar surface area (TPSA) is 24.1 Å². The fraction of sp³-hybridized carbons (Fsp3) is 0.692. The third kappa shape index (κ3) is 3.30. The number of nitrogens with one attached hydrogen (secondary N) is 2. The molecule has 0 saturated heterocycles. The summed E-state index contributed by atoms with van der Waals surface area (Å²) in [7, 11) is 2.00. The van der Waals surface area contributed by atoms with Crippen LogP contribution in [0.2, 0.25) is 0 Å². The molecule has 16 heavy (non-hydrogen) atoms. The lowest BCUT2D eigenvalue weighted by molar-refractivity contribution is 0.654. The molecule has 1 aromatic rings. The number of thiophene rings is 1. The van der Waals surface area contributed by atoms with Crippen molar-refractivity contribution >= 4 is 11.3 Å². The summed E-state index contributed by atoms with van der Waals surface area (Å²) in [6, 6.07) is 2.43. The minimum Gasteiger partial charge on any atom is -0.318 e. The van der Waals surface area contributed by atoms with Gasteiger partial charge < -0.3 is 10.6 Å². The van der Waals surface area contributed by atoms with Crippen LogP contribution < -0.4 is 10.6 Å². The lowest BCUT2D eigenvalue weighted by atomic mass is 10.1. The Bertz CT molecular complexity index is 296. The molecule has 3 heteroatoms. The Morgan fingerprint density at radius 2 is 2.06 bits per heavy atom. The fourth-order valence-corrected chi connectivity index (χ4v) is 3.47. The van der Waals surface area contributed by atoms with Crippen molar-refractivity contribution in [2.24, 2.45) is 0 Å². The largest absolute Gasteiger partial charge is 0.318 e. The molecule has 2 nitrogen and oxygen atoms in total. The highest BCUT2D eigenvalue weighted by atomic mass is 32.1. The lowest BCUT2D eigenvalue weighted by Gasteiger charge is -2.01. The molecule has 0 radical (unpaired) electrons. The molecule has 2 N–H and O–H groups in total. The first kappa shape index (κ1) is 12.1. The van der Waals surface area contributed by atoms with Crippen LogP contribution in [0.5, 0.6) is 0 Å². The van der Waals surface area contributed by atoms with Gasteiger partial charge in [-0.25, -0.2) is 0 Å². The van der Waals surface area contributed by atoms with E-state index in [0.717, 1.165) is 19.6 Å². The Morgan fingerprint density at radius 1 is 1.19 bits per heavy atom. The molecule has 2 rings (SSSR count). The van der Waals surface area contributed by atoms with Gasteiger partial charge in [0.1, 0.15) is 0 Å². The number of fused-ring (bicyclic) bond motifs is 1. The van der Waals surface area contributed by atoms with Gasteiger partial charge in [0, 0.05) is 29.4 Å². The summed E-state index contributed by atoms with van der Waals surface area (Å²) >= 11 is 2.02. The molecule has 0 spiro atoms. The Hall–Kier alpha value is -0.380. The van der Waals surface area contributed by atoms with E-state index in [-0.39, 0.29) is 0 Å². The molecule has 1 heterocycles. The van der Waals surface area contributed by atoms with Crippen LogP contribution in [-0.2, 0) is 19.4 Å². The average Bonchev–Trinajstić information content (AvgIpc) is 2.55. The van der Waals surface area contributed by atoms with Gasteiger partial charge >= 0.3 is 0 Å². The summed E-state index contributed by atoms with van der Waals surface area (Å²) in [4.78, 5) is 3.17. The zero-order chi connectivity index (χ0) is 11.2. The standard InChI is InChI=1S/C13H22N2S/c1-14-7-8-15-10-12-9-11-5-3-2-4-6-13(11)16-12/h9,14-15H,2-8,10H2,1H3. The molecule has 0 fully saturated rings. The van der Waals surface area contributed by atoms with Gasteiger partial charge in [0.15, 0.2) is 0 Å². The van der Waals surface area contributed by atoms with Gasteiger partial charge in [0.25, 0.3) is 0 Å². The molecule has 0 atom stereocenters. The zero-order valence-corrected chi connectivity index (χ0v) is 11.0. The molecule has 0 saturated carbocycles. The van der Waals surface area contributed by atoms with E-state index in [1.54, 1.807) is 10.4 Å². The molecular weight excluding hydrogens is 216 g/mol. The summed E-state index contributed by atoms with van der Waals surface area (Å²) in [6.07, 6.45) is 6.81. The molecule has 1 aliphatic carbocycles. The molecular formula is C13H22N2S. The fourth-order valence-electron chi connectivity index (χ4n) is 2.24. The summed E-state index contributed by atoms with van der Waals surface area (Å²) in [6.45, 7) is 3.14. The molecule has 0 amide bonds. The maximum Gasteiger partial charge on any atom is 0.0300 e. The van der Waals surface area contributed by atoms with Crippen LogP contribution in [0.25, 0.3) is 0 Å². The van der Waals surface area contributed by atoms with Crippen molar-refractivity contribution < 1.29 is 0 Å². The van der Waals surface area contributed by atoms with Gasteiger partial charge in [-0.3, -0.25) is 0 Å². The molecule has 0 aliphatic heterocycles. The summed E-state index contributed by atoms with van der Waals surface area (Å²) in [5.41, 5.74) is 1.63. The van der Waals surface area contributed by atoms with E-state index in [1.807, 2.05) is 18.4 Å². The maximum absolute atomic E-state index is 3.48. The summed E-state index contributed by atoms with van der Waals surface area (Å²) in [5, 5.41) is 6.63. The van der Waals surface area contributed by atoms with Crippen molar-refractivity contribution in [3.05, 3.63) is 21.4 Å². The minimum atomic E-state index is 1.04. The van der Waals surface area contributed by atoms with Crippen LogP contribution in [0.4, 0.5) is 0 Å². The van der Waals surface area contributed by atoms with Gasteiger partial charge in [-0.1, -0.05) is 6.42 Å². The van der Waals surface area contributed by atoms with Crippen molar-refractivity contribution in [3.63, 3.8) is 0 Å². The van der Waals surface area contributed by atoms with E-state index in [4.69, 9.17) is 0 Å². The van der Waals surface area contributed by atoms with Crippen LogP contribution in [0.15, 0.2) is 6.07 Å². The number of hydrogen-bond donors (Lipinski definition) is 2. The van der Waals surface area contributed by atoms with Gasteiger partial charge in [-0.05, 0) is 44.4 Å². The maximum atomic E-state index is 3.48. The molecule has 0 bridgehead atoms. The van der Waals surface area contributed by atoms with Crippen molar-refractivity contribution in [1.82, 2.24) is 10.6 Å². The smallest absolute Gasteiger partial charge is 0.0300 e. The predicted octanol–water partition coefficient (Wildman–Crippen LogP) is 2.33. The normalized spacial score (nSPS) is 15.8. The van der Waals surface area contributed by atoms with Gasteiger partial charge in [-0.15, -0.1) is 11.3 Å². The van der Waals surface area contributed by atoms with Gasteiger partial charge in [0.05, 0.1) is 0 Å². The SMILES string of the molecule is CNCCNCc1cc2c(s1)CCCCC2. The first-order valence-electron chi connectivity index (χ1n) is 6.36. The van der Waals surface area contributed by atoms with Crippen LogP contribution in [0, 0.1) is 0 Å². The zero-order valence-electron chi connectivity index (χ0n) is 10.1. The average molecular weight is 238 g/mol. The van der Waals surface area contributed by atoms with Crippen LogP contribution in [0.3, 0.4) is 0 Å². The highest BCUT2D eigenvalue weighted by Crippen LogP contribution is 2.28. The van der Waals surface area contributed by atoms with E-state index in [0.29, 0.717) is 0 Å². The van der Waals surface area contributed by atoms with Gasteiger partial charge in [-0.2, -0.15) is 0 Å². The molecule has 1 aliphatic rings. The van der Waals surface area contributed by atoms with E-state index in [2.05, 4.69) is 16.7 Å².